The van der Waals surface area contributed by atoms with Crippen LogP contribution in [0.5, 0.6) is 0 Å². The molecule has 1 fully saturated rings. The van der Waals surface area contributed by atoms with E-state index in [2.05, 4.69) is 9.82 Å². The highest BCUT2D eigenvalue weighted by Crippen LogP contribution is 2.30. The molecule has 0 spiro atoms. The van der Waals surface area contributed by atoms with Crippen LogP contribution in [0.1, 0.15) is 25.7 Å². The summed E-state index contributed by atoms with van der Waals surface area (Å²) in [5.74, 6) is 5.42. The number of anilines is 2. The van der Waals surface area contributed by atoms with Crippen molar-refractivity contribution in [2.45, 2.75) is 25.7 Å². The summed E-state index contributed by atoms with van der Waals surface area (Å²) in [5.41, 5.74) is 0.707. The van der Waals surface area contributed by atoms with Crippen molar-refractivity contribution in [3.05, 3.63) is 54.7 Å². The third-order valence-corrected chi connectivity index (χ3v) is 5.19. The van der Waals surface area contributed by atoms with Crippen LogP contribution in [0, 0.1) is 11.8 Å². The largest absolute Gasteiger partial charge is 0.449 e. The molecule has 0 radical (unpaired) electrons. The van der Waals surface area contributed by atoms with Gasteiger partial charge in [-0.25, -0.2) is 19.5 Å². The number of carbonyl (C=O) groups is 2. The number of para-hydroxylation sites is 1. The summed E-state index contributed by atoms with van der Waals surface area (Å²) in [6.45, 7) is 0.738. The number of nitrogens with two attached hydrogens (primary N) is 1. The number of ether oxygens (including phenoxy) is 2. The maximum Gasteiger partial charge on any atom is 0.420 e. The van der Waals surface area contributed by atoms with Gasteiger partial charge >= 0.3 is 12.1 Å². The van der Waals surface area contributed by atoms with E-state index in [-0.39, 0.29) is 6.61 Å². The summed E-state index contributed by atoms with van der Waals surface area (Å²) in [5, 5.41) is 0. The molecule has 1 aliphatic carbocycles. The summed E-state index contributed by atoms with van der Waals surface area (Å²) < 4.78 is 11.0. The van der Waals surface area contributed by atoms with E-state index >= 15 is 0 Å². The predicted molar refractivity (Wildman–Crippen MR) is 111 cm³/mol. The monoisotopic (exact) mass is 413 g/mol. The molecule has 1 aromatic carbocycles. The lowest BCUT2D eigenvalue weighted by Gasteiger charge is -2.29. The lowest BCUT2D eigenvalue weighted by atomic mass is 9.83. The molecule has 1 aliphatic rings. The first-order valence-electron chi connectivity index (χ1n) is 10.1. The van der Waals surface area contributed by atoms with Crippen LogP contribution in [0.3, 0.4) is 0 Å². The van der Waals surface area contributed by atoms with Crippen molar-refractivity contribution < 1.29 is 23.9 Å². The van der Waals surface area contributed by atoms with Gasteiger partial charge in [0.2, 0.25) is 0 Å². The maximum absolute atomic E-state index is 12.9. The van der Waals surface area contributed by atoms with Crippen LogP contribution < -0.4 is 10.8 Å². The number of rotatable bonds is 8. The fraction of sp³-hybridized carbons (Fsp3) is 0.409. The molecule has 2 aromatic rings. The summed E-state index contributed by atoms with van der Waals surface area (Å²) >= 11 is 0. The Morgan fingerprint density at radius 3 is 2.27 bits per heavy atom. The molecule has 30 heavy (non-hydrogen) atoms. The van der Waals surface area contributed by atoms with Crippen LogP contribution in [0.25, 0.3) is 0 Å². The van der Waals surface area contributed by atoms with Crippen LogP contribution in [0.15, 0.2) is 54.7 Å². The molecule has 0 aliphatic heterocycles. The average molecular weight is 413 g/mol. The van der Waals surface area contributed by atoms with Crippen LogP contribution in [0.2, 0.25) is 0 Å². The van der Waals surface area contributed by atoms with E-state index in [1.54, 1.807) is 18.3 Å². The van der Waals surface area contributed by atoms with Gasteiger partial charge in [-0.15, -0.1) is 0 Å². The number of carbonyl (C=O) groups excluding carboxylic acids is 2. The minimum atomic E-state index is -0.577. The van der Waals surface area contributed by atoms with Crippen LogP contribution in [-0.2, 0) is 19.1 Å². The van der Waals surface area contributed by atoms with Crippen molar-refractivity contribution >= 4 is 23.6 Å². The Hall–Kier alpha value is -2.97. The zero-order valence-electron chi connectivity index (χ0n) is 16.8. The second-order valence-electron chi connectivity index (χ2n) is 7.33. The van der Waals surface area contributed by atoms with Gasteiger partial charge in [0, 0.05) is 6.20 Å². The van der Waals surface area contributed by atoms with Crippen molar-refractivity contribution in [3.63, 3.8) is 0 Å². The SMILES string of the molecule is NOC(=O)COCC1CCC(COC(=O)N(c2ccccc2)c2ccccn2)CC1. The number of amides is 1. The Morgan fingerprint density at radius 2 is 1.63 bits per heavy atom. The van der Waals surface area contributed by atoms with E-state index in [1.807, 2.05) is 36.4 Å². The first-order valence-corrected chi connectivity index (χ1v) is 10.1. The molecule has 8 nitrogen and oxygen atoms in total. The molecule has 0 atom stereocenters. The van der Waals surface area contributed by atoms with Gasteiger partial charge in [-0.2, -0.15) is 5.90 Å². The fourth-order valence-corrected chi connectivity index (χ4v) is 3.56. The molecule has 160 valence electrons. The van der Waals surface area contributed by atoms with Crippen molar-refractivity contribution in [1.29, 1.82) is 0 Å². The van der Waals surface area contributed by atoms with Crippen molar-refractivity contribution in [2.75, 3.05) is 24.7 Å². The lowest BCUT2D eigenvalue weighted by molar-refractivity contribution is -0.150. The molecule has 8 heteroatoms. The van der Waals surface area contributed by atoms with E-state index in [0.29, 0.717) is 36.6 Å². The number of hydrogen-bond acceptors (Lipinski definition) is 7. The number of benzene rings is 1. The predicted octanol–water partition coefficient (Wildman–Crippen LogP) is 3.60. The zero-order valence-corrected chi connectivity index (χ0v) is 16.8. The second kappa shape index (κ2) is 11.3. The summed E-state index contributed by atoms with van der Waals surface area (Å²) in [7, 11) is 0. The Bertz CT molecular complexity index is 755. The van der Waals surface area contributed by atoms with Gasteiger partial charge in [-0.3, -0.25) is 0 Å². The molecule has 2 N–H and O–H groups in total. The molecule has 0 bridgehead atoms. The minimum absolute atomic E-state index is 0.128. The zero-order chi connectivity index (χ0) is 21.2. The highest BCUT2D eigenvalue weighted by Gasteiger charge is 2.25. The Kier molecular flexibility index (Phi) is 8.17. The number of hydrogen-bond donors (Lipinski definition) is 1. The minimum Gasteiger partial charge on any atom is -0.449 e. The van der Waals surface area contributed by atoms with E-state index in [1.165, 1.54) is 4.90 Å². The van der Waals surface area contributed by atoms with Crippen LogP contribution in [0.4, 0.5) is 16.3 Å². The van der Waals surface area contributed by atoms with Gasteiger partial charge in [-0.05, 0) is 61.8 Å². The normalized spacial score (nSPS) is 18.4. The van der Waals surface area contributed by atoms with Crippen LogP contribution >= 0.6 is 0 Å². The number of pyridine rings is 1. The molecule has 1 aromatic heterocycles. The third-order valence-electron chi connectivity index (χ3n) is 5.19. The lowest BCUT2D eigenvalue weighted by Crippen LogP contribution is -2.30. The Labute approximate surface area is 175 Å². The number of nitrogens with zero attached hydrogens (tertiary/aromatic N) is 2. The first-order chi connectivity index (χ1) is 14.7. The standard InChI is InChI=1S/C22H27N3O5/c23-30-21(26)16-28-14-17-9-11-18(12-10-17)15-29-22(27)25(19-6-2-1-3-7-19)20-8-4-5-13-24-20/h1-8,13,17-18H,9-12,14-16,23H2. The van der Waals surface area contributed by atoms with Gasteiger partial charge in [-0.1, -0.05) is 24.3 Å². The van der Waals surface area contributed by atoms with Gasteiger partial charge in [0.1, 0.15) is 12.4 Å². The van der Waals surface area contributed by atoms with Gasteiger partial charge in [0.05, 0.1) is 18.9 Å². The van der Waals surface area contributed by atoms with Gasteiger partial charge in [0.15, 0.2) is 0 Å². The van der Waals surface area contributed by atoms with Crippen molar-refractivity contribution in [2.24, 2.45) is 17.7 Å². The van der Waals surface area contributed by atoms with E-state index in [9.17, 15) is 9.59 Å². The van der Waals surface area contributed by atoms with Gasteiger partial charge in [0.25, 0.3) is 0 Å². The highest BCUT2D eigenvalue weighted by molar-refractivity contribution is 5.94. The molecular weight excluding hydrogens is 386 g/mol. The Morgan fingerprint density at radius 1 is 0.967 bits per heavy atom. The summed E-state index contributed by atoms with van der Waals surface area (Å²) in [4.78, 5) is 33.7. The van der Waals surface area contributed by atoms with E-state index in [4.69, 9.17) is 15.4 Å². The van der Waals surface area contributed by atoms with Crippen LogP contribution in [-0.4, -0.2) is 36.9 Å². The van der Waals surface area contributed by atoms with Gasteiger partial charge < -0.3 is 14.3 Å². The molecule has 0 unspecified atom stereocenters. The second-order valence-corrected chi connectivity index (χ2v) is 7.33. The first kappa shape index (κ1) is 21.7. The van der Waals surface area contributed by atoms with E-state index in [0.717, 1.165) is 25.7 Å². The Balaban J connectivity index is 1.49. The van der Waals surface area contributed by atoms with E-state index < -0.39 is 12.1 Å². The summed E-state index contributed by atoms with van der Waals surface area (Å²) in [6.07, 6.45) is 5.01. The van der Waals surface area contributed by atoms with Crippen molar-refractivity contribution in [1.82, 2.24) is 4.98 Å². The molecule has 0 saturated heterocycles. The molecule has 1 amide bonds. The molecular formula is C22H27N3O5. The maximum atomic E-state index is 12.9. The fourth-order valence-electron chi connectivity index (χ4n) is 3.56. The molecule has 1 heterocycles. The highest BCUT2D eigenvalue weighted by atomic mass is 16.7. The quantitative estimate of drug-likeness (QED) is 0.659. The third kappa shape index (κ3) is 6.27. The average Bonchev–Trinajstić information content (AvgIpc) is 2.80. The number of aromatic nitrogens is 1. The summed E-state index contributed by atoms with van der Waals surface area (Å²) in [6, 6.07) is 14.8. The topological polar surface area (TPSA) is 104 Å². The van der Waals surface area contributed by atoms with Crippen molar-refractivity contribution in [3.8, 4) is 0 Å². The molecule has 3 rings (SSSR count). The molecule has 1 saturated carbocycles. The smallest absolute Gasteiger partial charge is 0.420 e.